The summed E-state index contributed by atoms with van der Waals surface area (Å²) in [6, 6.07) is 5.84. The molecule has 0 unspecified atom stereocenters. The SMILES string of the molecule is C=C[C@@](CC)(NC(=O)[C@@H]1C[C@@H](Oc2nc(Cl)cc3cc(OC)ccc23)CN1C(=O)OC(C)(C)C)C(=O)NS(=O)(=O)C1CC1. The lowest BCUT2D eigenvalue weighted by Gasteiger charge is -2.32. The summed E-state index contributed by atoms with van der Waals surface area (Å²) in [6.45, 7) is 10.4. The Balaban J connectivity index is 1.61. The van der Waals surface area contributed by atoms with Crippen molar-refractivity contribution in [2.45, 2.75) is 81.9 Å². The van der Waals surface area contributed by atoms with Crippen LogP contribution < -0.4 is 19.5 Å². The molecule has 2 aliphatic rings. The van der Waals surface area contributed by atoms with Gasteiger partial charge in [-0.2, -0.15) is 0 Å². The zero-order chi connectivity index (χ0) is 31.7. The molecule has 0 spiro atoms. The van der Waals surface area contributed by atoms with E-state index in [1.807, 2.05) is 0 Å². The molecule has 2 heterocycles. The van der Waals surface area contributed by atoms with Crippen molar-refractivity contribution in [2.75, 3.05) is 13.7 Å². The van der Waals surface area contributed by atoms with Crippen molar-refractivity contribution in [3.8, 4) is 11.6 Å². The highest BCUT2D eigenvalue weighted by atomic mass is 35.5. The van der Waals surface area contributed by atoms with Gasteiger partial charge < -0.3 is 19.5 Å². The summed E-state index contributed by atoms with van der Waals surface area (Å²) in [5.41, 5.74) is -2.60. The number of aromatic nitrogens is 1. The zero-order valence-electron chi connectivity index (χ0n) is 24.8. The number of methoxy groups -OCH3 is 1. The van der Waals surface area contributed by atoms with E-state index < -0.39 is 56.5 Å². The predicted molar refractivity (Wildman–Crippen MR) is 161 cm³/mol. The first kappa shape index (κ1) is 32.3. The molecule has 1 aliphatic carbocycles. The molecule has 1 saturated heterocycles. The first-order chi connectivity index (χ1) is 20.1. The first-order valence-corrected chi connectivity index (χ1v) is 15.9. The van der Waals surface area contributed by atoms with Crippen LogP contribution in [-0.2, 0) is 24.3 Å². The fourth-order valence-electron chi connectivity index (χ4n) is 4.78. The molecular weight excluding hydrogens is 600 g/mol. The van der Waals surface area contributed by atoms with E-state index in [1.165, 1.54) is 11.0 Å². The molecule has 1 aromatic carbocycles. The first-order valence-electron chi connectivity index (χ1n) is 13.9. The number of carbonyl (C=O) groups excluding carboxylic acids is 3. The molecule has 3 amide bonds. The molecule has 12 nitrogen and oxygen atoms in total. The summed E-state index contributed by atoms with van der Waals surface area (Å²) in [6.07, 6.45) is 0.684. The average Bonchev–Trinajstić information content (AvgIpc) is 3.71. The average molecular weight is 637 g/mol. The second-order valence-electron chi connectivity index (χ2n) is 11.7. The maximum atomic E-state index is 13.8. The molecule has 14 heteroatoms. The maximum Gasteiger partial charge on any atom is 0.411 e. The Labute approximate surface area is 256 Å². The lowest BCUT2D eigenvalue weighted by Crippen LogP contribution is -2.61. The molecular formula is C29H37ClN4O8S. The minimum absolute atomic E-state index is 0.00916. The number of benzene rings is 1. The normalized spacial score (nSPS) is 20.2. The van der Waals surface area contributed by atoms with Crippen LogP contribution in [-0.4, -0.2) is 78.4 Å². The lowest BCUT2D eigenvalue weighted by atomic mass is 9.94. The van der Waals surface area contributed by atoms with Crippen molar-refractivity contribution in [3.63, 3.8) is 0 Å². The maximum absolute atomic E-state index is 13.8. The van der Waals surface area contributed by atoms with E-state index in [4.69, 9.17) is 25.8 Å². The summed E-state index contributed by atoms with van der Waals surface area (Å²) in [4.78, 5) is 45.8. The largest absolute Gasteiger partial charge is 0.497 e. The van der Waals surface area contributed by atoms with Crippen LogP contribution in [0.2, 0.25) is 5.15 Å². The zero-order valence-corrected chi connectivity index (χ0v) is 26.4. The quantitative estimate of drug-likeness (QED) is 0.293. The Morgan fingerprint density at radius 3 is 2.49 bits per heavy atom. The topological polar surface area (TPSA) is 153 Å². The minimum Gasteiger partial charge on any atom is -0.497 e. The van der Waals surface area contributed by atoms with E-state index in [0.717, 1.165) is 5.39 Å². The monoisotopic (exact) mass is 636 g/mol. The Hall–Kier alpha value is -3.58. The van der Waals surface area contributed by atoms with Gasteiger partial charge in [-0.15, -0.1) is 6.58 Å². The van der Waals surface area contributed by atoms with Crippen LogP contribution in [0.25, 0.3) is 10.8 Å². The molecule has 4 rings (SSSR count). The summed E-state index contributed by atoms with van der Waals surface area (Å²) < 4.78 is 44.1. The number of nitrogens with zero attached hydrogens (tertiary/aromatic N) is 2. The molecule has 234 valence electrons. The fraction of sp³-hybridized carbons (Fsp3) is 0.517. The van der Waals surface area contributed by atoms with E-state index in [-0.39, 0.29) is 30.4 Å². The summed E-state index contributed by atoms with van der Waals surface area (Å²) >= 11 is 6.27. The summed E-state index contributed by atoms with van der Waals surface area (Å²) in [5.74, 6) is -0.805. The van der Waals surface area contributed by atoms with Gasteiger partial charge >= 0.3 is 6.09 Å². The van der Waals surface area contributed by atoms with Crippen LogP contribution >= 0.6 is 11.6 Å². The third-order valence-electron chi connectivity index (χ3n) is 7.30. The van der Waals surface area contributed by atoms with Crippen LogP contribution in [0.4, 0.5) is 4.79 Å². The number of hydrogen-bond acceptors (Lipinski definition) is 9. The van der Waals surface area contributed by atoms with Gasteiger partial charge in [0.2, 0.25) is 21.8 Å². The molecule has 1 saturated carbocycles. The van der Waals surface area contributed by atoms with Gasteiger partial charge in [-0.3, -0.25) is 19.2 Å². The summed E-state index contributed by atoms with van der Waals surface area (Å²) in [5, 5.41) is 3.55. The van der Waals surface area contributed by atoms with Crippen molar-refractivity contribution >= 4 is 50.3 Å². The molecule has 2 N–H and O–H groups in total. The van der Waals surface area contributed by atoms with Crippen molar-refractivity contribution in [2.24, 2.45) is 0 Å². The Bertz CT molecular complexity index is 1540. The van der Waals surface area contributed by atoms with Crippen LogP contribution in [0, 0.1) is 0 Å². The fourth-order valence-corrected chi connectivity index (χ4v) is 6.34. The van der Waals surface area contributed by atoms with E-state index in [9.17, 15) is 22.8 Å². The highest BCUT2D eigenvalue weighted by molar-refractivity contribution is 7.91. The number of rotatable bonds is 10. The molecule has 1 aromatic heterocycles. The molecule has 2 aromatic rings. The number of hydrogen-bond donors (Lipinski definition) is 2. The molecule has 43 heavy (non-hydrogen) atoms. The van der Waals surface area contributed by atoms with Crippen LogP contribution in [0.5, 0.6) is 11.6 Å². The smallest absolute Gasteiger partial charge is 0.411 e. The number of likely N-dealkylation sites (tertiary alicyclic amines) is 1. The van der Waals surface area contributed by atoms with Crippen LogP contribution in [0.1, 0.15) is 53.4 Å². The van der Waals surface area contributed by atoms with Gasteiger partial charge in [0.05, 0.1) is 18.9 Å². The summed E-state index contributed by atoms with van der Waals surface area (Å²) in [7, 11) is -2.34. The van der Waals surface area contributed by atoms with Gasteiger partial charge in [-0.1, -0.05) is 24.6 Å². The van der Waals surface area contributed by atoms with Crippen LogP contribution in [0.15, 0.2) is 36.9 Å². The van der Waals surface area contributed by atoms with Gasteiger partial charge in [0.1, 0.15) is 34.2 Å². The molecule has 0 radical (unpaired) electrons. The van der Waals surface area contributed by atoms with Gasteiger partial charge in [0, 0.05) is 11.8 Å². The molecule has 1 aliphatic heterocycles. The van der Waals surface area contributed by atoms with Gasteiger partial charge in [0.25, 0.3) is 5.91 Å². The number of fused-ring (bicyclic) bond motifs is 1. The number of pyridine rings is 1. The minimum atomic E-state index is -3.89. The van der Waals surface area contributed by atoms with Gasteiger partial charge in [-0.25, -0.2) is 18.2 Å². The highest BCUT2D eigenvalue weighted by Gasteiger charge is 2.47. The van der Waals surface area contributed by atoms with E-state index in [2.05, 4.69) is 21.6 Å². The van der Waals surface area contributed by atoms with E-state index in [1.54, 1.807) is 59.1 Å². The highest BCUT2D eigenvalue weighted by Crippen LogP contribution is 2.33. The third-order valence-corrected chi connectivity index (χ3v) is 9.31. The Morgan fingerprint density at radius 2 is 1.91 bits per heavy atom. The van der Waals surface area contributed by atoms with Crippen molar-refractivity contribution < 1.29 is 37.0 Å². The predicted octanol–water partition coefficient (Wildman–Crippen LogP) is 3.71. The van der Waals surface area contributed by atoms with Crippen molar-refractivity contribution in [1.29, 1.82) is 0 Å². The van der Waals surface area contributed by atoms with E-state index in [0.29, 0.717) is 24.0 Å². The van der Waals surface area contributed by atoms with E-state index >= 15 is 0 Å². The number of carbonyl (C=O) groups is 3. The number of sulfonamides is 1. The molecule has 2 fully saturated rings. The third kappa shape index (κ3) is 7.32. The van der Waals surface area contributed by atoms with Crippen LogP contribution in [0.3, 0.4) is 0 Å². The Morgan fingerprint density at radius 1 is 1.21 bits per heavy atom. The van der Waals surface area contributed by atoms with Gasteiger partial charge in [0.15, 0.2) is 0 Å². The van der Waals surface area contributed by atoms with Gasteiger partial charge in [-0.05, 0) is 69.7 Å². The second-order valence-corrected chi connectivity index (χ2v) is 14.0. The molecule has 3 atom stereocenters. The number of ether oxygens (including phenoxy) is 3. The second kappa shape index (κ2) is 12.2. The number of nitrogens with one attached hydrogen (secondary N) is 2. The van der Waals surface area contributed by atoms with Crippen molar-refractivity contribution in [3.05, 3.63) is 42.1 Å². The number of amides is 3. The Kier molecular flexibility index (Phi) is 9.17. The standard InChI is InChI=1S/C29H37ClN4O8S/c1-7-29(8-2,26(36)33-43(38,39)20-10-11-20)32-24(35)22-15-19(16-34(22)27(37)42-28(3,4)5)41-25-21-12-9-18(40-6)13-17(21)14-23(30)31-25/h7,9,12-14,19-20,22H,1,8,10-11,15-16H2,2-6H3,(H,32,35)(H,33,36)/t19-,22+,29+/m1/s1. The molecule has 0 bridgehead atoms. The van der Waals surface area contributed by atoms with Crippen molar-refractivity contribution in [1.82, 2.24) is 19.9 Å². The lowest BCUT2D eigenvalue weighted by molar-refractivity contribution is -0.133. The number of halogens is 1.